The molecule has 0 atom stereocenters. The van der Waals surface area contributed by atoms with Crippen LogP contribution in [0.4, 0.5) is 5.82 Å². The van der Waals surface area contributed by atoms with Crippen molar-refractivity contribution in [1.82, 2.24) is 4.98 Å². The molecule has 0 unspecified atom stereocenters. The Balaban J connectivity index is 2.80. The zero-order chi connectivity index (χ0) is 11.5. The van der Waals surface area contributed by atoms with Crippen LogP contribution < -0.4 is 5.32 Å². The van der Waals surface area contributed by atoms with Crippen molar-refractivity contribution in [3.63, 3.8) is 0 Å². The average Bonchev–Trinajstić information content (AvgIpc) is 2.09. The van der Waals surface area contributed by atoms with Crippen LogP contribution in [0.15, 0.2) is 16.7 Å². The van der Waals surface area contributed by atoms with E-state index in [1.165, 1.54) is 0 Å². The summed E-state index contributed by atoms with van der Waals surface area (Å²) in [6.45, 7) is 4.13. The number of nitrogens with zero attached hydrogens (tertiary/aromatic N) is 1. The Hall–Kier alpha value is 0.01000. The Morgan fingerprint density at radius 3 is 2.73 bits per heavy atom. The maximum Gasteiger partial charge on any atom is 0.145 e. The molecule has 0 aromatic carbocycles. The first-order valence-electron chi connectivity index (χ1n) is 4.60. The van der Waals surface area contributed by atoms with Gasteiger partial charge in [0.05, 0.1) is 5.02 Å². The Kier molecular flexibility index (Phi) is 4.68. The second kappa shape index (κ2) is 5.37. The van der Waals surface area contributed by atoms with Crippen molar-refractivity contribution in [3.05, 3.63) is 21.8 Å². The van der Waals surface area contributed by atoms with Crippen LogP contribution in [0.25, 0.3) is 0 Å². The monoisotopic (exact) mass is 310 g/mol. The molecule has 84 valence electrons. The maximum atomic E-state index is 6.05. The molecular weight excluding hydrogens is 299 g/mol. The average molecular weight is 312 g/mol. The second-order valence-corrected chi connectivity index (χ2v) is 5.63. The van der Waals surface area contributed by atoms with Gasteiger partial charge in [-0.15, -0.1) is 11.6 Å². The van der Waals surface area contributed by atoms with Crippen LogP contribution >= 0.6 is 39.1 Å². The van der Waals surface area contributed by atoms with Crippen molar-refractivity contribution in [3.8, 4) is 0 Å². The molecule has 0 spiro atoms. The summed E-state index contributed by atoms with van der Waals surface area (Å²) >= 11 is 15.1. The van der Waals surface area contributed by atoms with Gasteiger partial charge in [0.1, 0.15) is 5.82 Å². The summed E-state index contributed by atoms with van der Waals surface area (Å²) in [5.74, 6) is 1.30. The number of anilines is 1. The molecule has 0 saturated carbocycles. The third-order valence-corrected chi connectivity index (χ3v) is 2.89. The summed E-state index contributed by atoms with van der Waals surface area (Å²) < 4.78 is 0.869. The normalized spacial score (nSPS) is 11.5. The van der Waals surface area contributed by atoms with Gasteiger partial charge in [-0.2, -0.15) is 0 Å². The van der Waals surface area contributed by atoms with Crippen LogP contribution in [0.2, 0.25) is 5.02 Å². The largest absolute Gasteiger partial charge is 0.364 e. The summed E-state index contributed by atoms with van der Waals surface area (Å²) in [6, 6.07) is 1.81. The number of aromatic nitrogens is 1. The van der Waals surface area contributed by atoms with E-state index < -0.39 is 0 Å². The highest BCUT2D eigenvalue weighted by atomic mass is 79.9. The maximum absolute atomic E-state index is 6.05. The highest BCUT2D eigenvalue weighted by Gasteiger charge is 2.18. The molecule has 1 heterocycles. The summed E-state index contributed by atoms with van der Waals surface area (Å²) in [7, 11) is 0. The molecule has 5 heteroatoms. The fraction of sp³-hybridized carbons (Fsp3) is 0.500. The molecule has 15 heavy (non-hydrogen) atoms. The van der Waals surface area contributed by atoms with Crippen LogP contribution in [-0.2, 0) is 0 Å². The molecule has 0 saturated heterocycles. The van der Waals surface area contributed by atoms with Gasteiger partial charge in [-0.3, -0.25) is 0 Å². The zero-order valence-electron chi connectivity index (χ0n) is 8.65. The first-order chi connectivity index (χ1) is 6.94. The quantitative estimate of drug-likeness (QED) is 0.838. The van der Waals surface area contributed by atoms with E-state index in [0.717, 1.165) is 10.9 Å². The molecule has 1 aromatic heterocycles. The minimum Gasteiger partial charge on any atom is -0.364 e. The Bertz CT molecular complexity index is 342. The minimum absolute atomic E-state index is 0.105. The molecule has 0 fully saturated rings. The molecule has 1 aromatic rings. The van der Waals surface area contributed by atoms with Crippen LogP contribution in [0, 0.1) is 0 Å². The number of nitrogens with one attached hydrogen (secondary N) is 1. The predicted molar refractivity (Wildman–Crippen MR) is 70.0 cm³/mol. The molecule has 1 rings (SSSR count). The molecule has 0 aliphatic rings. The number of halogens is 3. The predicted octanol–water partition coefficient (Wildman–Crippen LogP) is 4.32. The van der Waals surface area contributed by atoms with E-state index in [2.05, 4.69) is 40.1 Å². The number of hydrogen-bond acceptors (Lipinski definition) is 2. The molecule has 0 amide bonds. The molecule has 0 aliphatic carbocycles. The summed E-state index contributed by atoms with van der Waals surface area (Å²) in [5.41, 5.74) is -0.105. The first kappa shape index (κ1) is 13.1. The van der Waals surface area contributed by atoms with Crippen molar-refractivity contribution in [1.29, 1.82) is 0 Å². The van der Waals surface area contributed by atoms with Gasteiger partial charge in [0.2, 0.25) is 0 Å². The SMILES string of the molecule is CC(C)(CCCl)Nc1ncc(Br)cc1Cl. The van der Waals surface area contributed by atoms with E-state index in [0.29, 0.717) is 16.7 Å². The Morgan fingerprint density at radius 2 is 2.20 bits per heavy atom. The topological polar surface area (TPSA) is 24.9 Å². The van der Waals surface area contributed by atoms with Gasteiger partial charge in [-0.1, -0.05) is 11.6 Å². The third kappa shape index (κ3) is 4.17. The van der Waals surface area contributed by atoms with Crippen LogP contribution in [0.1, 0.15) is 20.3 Å². The third-order valence-electron chi connectivity index (χ3n) is 1.98. The van der Waals surface area contributed by atoms with Crippen molar-refractivity contribution in [2.24, 2.45) is 0 Å². The molecule has 2 nitrogen and oxygen atoms in total. The van der Waals surface area contributed by atoms with E-state index in [9.17, 15) is 0 Å². The number of hydrogen-bond donors (Lipinski definition) is 1. The highest BCUT2D eigenvalue weighted by Crippen LogP contribution is 2.26. The number of rotatable bonds is 4. The van der Waals surface area contributed by atoms with Crippen LogP contribution in [0.5, 0.6) is 0 Å². The van der Waals surface area contributed by atoms with Crippen molar-refractivity contribution >= 4 is 44.9 Å². The fourth-order valence-corrected chi connectivity index (χ4v) is 2.27. The van der Waals surface area contributed by atoms with Gasteiger partial charge >= 0.3 is 0 Å². The molecule has 0 aliphatic heterocycles. The smallest absolute Gasteiger partial charge is 0.145 e. The van der Waals surface area contributed by atoms with E-state index >= 15 is 0 Å². The van der Waals surface area contributed by atoms with E-state index in [1.807, 2.05) is 6.07 Å². The van der Waals surface area contributed by atoms with Crippen LogP contribution in [0.3, 0.4) is 0 Å². The lowest BCUT2D eigenvalue weighted by atomic mass is 10.0. The van der Waals surface area contributed by atoms with Gasteiger partial charge in [0, 0.05) is 22.1 Å². The Labute approximate surface area is 108 Å². The lowest BCUT2D eigenvalue weighted by Crippen LogP contribution is -2.31. The number of alkyl halides is 1. The van der Waals surface area contributed by atoms with Gasteiger partial charge in [0.15, 0.2) is 0 Å². The van der Waals surface area contributed by atoms with Crippen molar-refractivity contribution < 1.29 is 0 Å². The summed E-state index contributed by atoms with van der Waals surface area (Å²) in [6.07, 6.45) is 2.56. The van der Waals surface area contributed by atoms with E-state index in [-0.39, 0.29) is 5.54 Å². The fourth-order valence-electron chi connectivity index (χ4n) is 1.13. The van der Waals surface area contributed by atoms with Gasteiger partial charge in [0.25, 0.3) is 0 Å². The summed E-state index contributed by atoms with van der Waals surface area (Å²) in [5, 5.41) is 3.87. The molecular formula is C10H13BrCl2N2. The van der Waals surface area contributed by atoms with E-state index in [4.69, 9.17) is 23.2 Å². The van der Waals surface area contributed by atoms with Crippen molar-refractivity contribution in [2.45, 2.75) is 25.8 Å². The highest BCUT2D eigenvalue weighted by molar-refractivity contribution is 9.10. The molecule has 0 radical (unpaired) electrons. The lowest BCUT2D eigenvalue weighted by Gasteiger charge is -2.26. The van der Waals surface area contributed by atoms with E-state index in [1.54, 1.807) is 6.20 Å². The first-order valence-corrected chi connectivity index (χ1v) is 6.30. The standard InChI is InChI=1S/C10H13BrCl2N2/c1-10(2,3-4-12)15-9-8(13)5-7(11)6-14-9/h5-6H,3-4H2,1-2H3,(H,14,15). The lowest BCUT2D eigenvalue weighted by molar-refractivity contribution is 0.548. The number of pyridine rings is 1. The van der Waals surface area contributed by atoms with Crippen LogP contribution in [-0.4, -0.2) is 16.4 Å². The Morgan fingerprint density at radius 1 is 1.53 bits per heavy atom. The molecule has 0 bridgehead atoms. The minimum atomic E-state index is -0.105. The molecule has 1 N–H and O–H groups in total. The summed E-state index contributed by atoms with van der Waals surface area (Å²) in [4.78, 5) is 4.21. The van der Waals surface area contributed by atoms with Gasteiger partial charge in [-0.05, 0) is 42.3 Å². The zero-order valence-corrected chi connectivity index (χ0v) is 11.7. The van der Waals surface area contributed by atoms with Crippen molar-refractivity contribution in [2.75, 3.05) is 11.2 Å². The van der Waals surface area contributed by atoms with Gasteiger partial charge < -0.3 is 5.32 Å². The second-order valence-electron chi connectivity index (χ2n) is 3.93. The van der Waals surface area contributed by atoms with Gasteiger partial charge in [-0.25, -0.2) is 4.98 Å².